The third kappa shape index (κ3) is 3.63. The normalized spacial score (nSPS) is 12.4. The Morgan fingerprint density at radius 1 is 1.47 bits per heavy atom. The number of anilines is 1. The van der Waals surface area contributed by atoms with Crippen LogP contribution in [0.3, 0.4) is 0 Å². The molecule has 0 aliphatic heterocycles. The molecule has 0 aliphatic carbocycles. The van der Waals surface area contributed by atoms with E-state index in [0.29, 0.717) is 16.9 Å². The fraction of sp³-hybridized carbons (Fsp3) is 0.400. The predicted molar refractivity (Wildman–Crippen MR) is 71.7 cm³/mol. The second kappa shape index (κ2) is 6.45. The zero-order valence-electron chi connectivity index (χ0n) is 10.4. The molecule has 1 unspecified atom stereocenters. The highest BCUT2D eigenvalue weighted by Gasteiger charge is 2.10. The lowest BCUT2D eigenvalue weighted by atomic mass is 10.2. The maximum Gasteiger partial charge on any atom is 0.256 e. The van der Waals surface area contributed by atoms with Gasteiger partial charge in [-0.05, 0) is 12.0 Å². The van der Waals surface area contributed by atoms with Gasteiger partial charge >= 0.3 is 0 Å². The van der Waals surface area contributed by atoms with E-state index in [9.17, 15) is 0 Å². The standard InChI is InChI=1S/C10H15N7OS/c1-7(5-18)6-19-10-14-8(16-11)13-9(15-10)17-4-2-3-12-17/h2-4,7,18H,5-6,11H2,1H3,(H,13,14,15,16). The zero-order valence-corrected chi connectivity index (χ0v) is 11.2. The van der Waals surface area contributed by atoms with Gasteiger partial charge in [-0.15, -0.1) is 0 Å². The van der Waals surface area contributed by atoms with Crippen LogP contribution in [0.1, 0.15) is 6.92 Å². The molecule has 8 nitrogen and oxygen atoms in total. The van der Waals surface area contributed by atoms with Crippen LogP contribution in [0.4, 0.5) is 5.95 Å². The number of aliphatic hydroxyl groups is 1. The Kier molecular flexibility index (Phi) is 4.66. The highest BCUT2D eigenvalue weighted by atomic mass is 32.2. The summed E-state index contributed by atoms with van der Waals surface area (Å²) in [5.41, 5.74) is 2.41. The molecule has 2 aromatic rings. The van der Waals surface area contributed by atoms with Crippen molar-refractivity contribution in [1.29, 1.82) is 0 Å². The summed E-state index contributed by atoms with van der Waals surface area (Å²) in [5, 5.41) is 13.6. The Hall–Kier alpha value is -1.71. The molecule has 0 saturated carbocycles. The number of hydrogen-bond acceptors (Lipinski definition) is 8. The molecule has 0 bridgehead atoms. The van der Waals surface area contributed by atoms with E-state index < -0.39 is 0 Å². The van der Waals surface area contributed by atoms with Crippen LogP contribution in [0.5, 0.6) is 0 Å². The van der Waals surface area contributed by atoms with E-state index in [1.165, 1.54) is 16.4 Å². The van der Waals surface area contributed by atoms with Crippen LogP contribution < -0.4 is 11.3 Å². The van der Waals surface area contributed by atoms with E-state index in [-0.39, 0.29) is 18.5 Å². The van der Waals surface area contributed by atoms with Crippen molar-refractivity contribution >= 4 is 17.7 Å². The van der Waals surface area contributed by atoms with Gasteiger partial charge in [-0.1, -0.05) is 18.7 Å². The highest BCUT2D eigenvalue weighted by molar-refractivity contribution is 7.99. The average Bonchev–Trinajstić information content (AvgIpc) is 2.98. The zero-order chi connectivity index (χ0) is 13.7. The van der Waals surface area contributed by atoms with Crippen LogP contribution in [0.15, 0.2) is 23.6 Å². The van der Waals surface area contributed by atoms with Gasteiger partial charge in [-0.3, -0.25) is 5.43 Å². The Morgan fingerprint density at radius 3 is 2.95 bits per heavy atom. The maximum absolute atomic E-state index is 9.01. The molecule has 0 amide bonds. The van der Waals surface area contributed by atoms with Gasteiger partial charge in [-0.25, -0.2) is 10.5 Å². The summed E-state index contributed by atoms with van der Waals surface area (Å²) in [6, 6.07) is 1.78. The van der Waals surface area contributed by atoms with Crippen molar-refractivity contribution in [2.45, 2.75) is 12.1 Å². The number of hydrogen-bond donors (Lipinski definition) is 3. The summed E-state index contributed by atoms with van der Waals surface area (Å²) >= 11 is 1.44. The molecule has 1 atom stereocenters. The van der Waals surface area contributed by atoms with Gasteiger partial charge in [0.2, 0.25) is 5.95 Å². The molecule has 0 aliphatic rings. The lowest BCUT2D eigenvalue weighted by molar-refractivity contribution is 0.250. The smallest absolute Gasteiger partial charge is 0.256 e. The number of rotatable bonds is 6. The fourth-order valence-electron chi connectivity index (χ4n) is 1.23. The van der Waals surface area contributed by atoms with Crippen molar-refractivity contribution in [3.05, 3.63) is 18.5 Å². The van der Waals surface area contributed by atoms with Crippen LogP contribution in [0.25, 0.3) is 5.95 Å². The Bertz CT molecular complexity index is 519. The minimum atomic E-state index is 0.131. The van der Waals surface area contributed by atoms with Gasteiger partial charge in [0.25, 0.3) is 5.95 Å². The van der Waals surface area contributed by atoms with Gasteiger partial charge in [-0.2, -0.15) is 20.1 Å². The molecule has 2 rings (SSSR count). The number of nitrogens with zero attached hydrogens (tertiary/aromatic N) is 5. The first-order valence-electron chi connectivity index (χ1n) is 5.69. The number of thioether (sulfide) groups is 1. The number of nitrogen functional groups attached to an aromatic ring is 1. The quantitative estimate of drug-likeness (QED) is 0.387. The van der Waals surface area contributed by atoms with E-state index in [2.05, 4.69) is 25.5 Å². The molecule has 2 heterocycles. The summed E-state index contributed by atoms with van der Waals surface area (Å²) in [6.07, 6.45) is 3.38. The van der Waals surface area contributed by atoms with Gasteiger partial charge < -0.3 is 5.11 Å². The molecule has 4 N–H and O–H groups in total. The van der Waals surface area contributed by atoms with Gasteiger partial charge in [0.05, 0.1) is 0 Å². The second-order valence-corrected chi connectivity index (χ2v) is 4.92. The number of aliphatic hydroxyl groups excluding tert-OH is 1. The topological polar surface area (TPSA) is 115 Å². The summed E-state index contributed by atoms with van der Waals surface area (Å²) < 4.78 is 1.53. The largest absolute Gasteiger partial charge is 0.396 e. The Morgan fingerprint density at radius 2 is 2.32 bits per heavy atom. The molecule has 0 saturated heterocycles. The molecule has 2 aromatic heterocycles. The fourth-order valence-corrected chi connectivity index (χ4v) is 2.07. The van der Waals surface area contributed by atoms with Crippen molar-refractivity contribution < 1.29 is 5.11 Å². The average molecular weight is 281 g/mol. The van der Waals surface area contributed by atoms with Crippen LogP contribution in [-0.4, -0.2) is 42.2 Å². The Balaban J connectivity index is 2.21. The summed E-state index contributed by atoms with van der Waals surface area (Å²) in [7, 11) is 0. The highest BCUT2D eigenvalue weighted by Crippen LogP contribution is 2.18. The van der Waals surface area contributed by atoms with E-state index in [1.807, 2.05) is 6.92 Å². The van der Waals surface area contributed by atoms with Crippen molar-refractivity contribution in [3.8, 4) is 5.95 Å². The van der Waals surface area contributed by atoms with Crippen molar-refractivity contribution in [3.63, 3.8) is 0 Å². The number of aromatic nitrogens is 5. The SMILES string of the molecule is CC(CO)CSc1nc(NN)nc(-n2cccn2)n1. The van der Waals surface area contributed by atoms with Crippen LogP contribution in [0, 0.1) is 5.92 Å². The monoisotopic (exact) mass is 281 g/mol. The van der Waals surface area contributed by atoms with Crippen LogP contribution in [-0.2, 0) is 0 Å². The maximum atomic E-state index is 9.01. The van der Waals surface area contributed by atoms with Crippen molar-refractivity contribution in [2.75, 3.05) is 17.8 Å². The first-order valence-corrected chi connectivity index (χ1v) is 6.68. The lowest BCUT2D eigenvalue weighted by Crippen LogP contribution is -2.14. The second-order valence-electron chi connectivity index (χ2n) is 3.94. The van der Waals surface area contributed by atoms with E-state index in [1.54, 1.807) is 18.5 Å². The summed E-state index contributed by atoms with van der Waals surface area (Å²) in [6.45, 7) is 2.08. The minimum Gasteiger partial charge on any atom is -0.396 e. The predicted octanol–water partition coefficient (Wildman–Crippen LogP) is 0.0634. The van der Waals surface area contributed by atoms with Gasteiger partial charge in [0.1, 0.15) is 0 Å². The van der Waals surface area contributed by atoms with Gasteiger partial charge in [0.15, 0.2) is 5.16 Å². The Labute approximate surface area is 114 Å². The minimum absolute atomic E-state index is 0.131. The molecule has 0 fully saturated rings. The molecule has 9 heteroatoms. The summed E-state index contributed by atoms with van der Waals surface area (Å²) in [5.74, 6) is 6.90. The van der Waals surface area contributed by atoms with Gasteiger partial charge in [0, 0.05) is 24.8 Å². The molecule has 102 valence electrons. The van der Waals surface area contributed by atoms with Crippen molar-refractivity contribution in [1.82, 2.24) is 24.7 Å². The van der Waals surface area contributed by atoms with Crippen molar-refractivity contribution in [2.24, 2.45) is 11.8 Å². The number of nitrogens with two attached hydrogens (primary N) is 1. The van der Waals surface area contributed by atoms with E-state index >= 15 is 0 Å². The summed E-state index contributed by atoms with van der Waals surface area (Å²) in [4.78, 5) is 12.6. The number of nitrogens with one attached hydrogen (secondary N) is 1. The molecule has 0 spiro atoms. The van der Waals surface area contributed by atoms with Crippen LogP contribution >= 0.6 is 11.8 Å². The third-order valence-corrected chi connectivity index (χ3v) is 3.43. The first-order chi connectivity index (χ1) is 9.22. The van der Waals surface area contributed by atoms with E-state index in [0.717, 1.165) is 0 Å². The van der Waals surface area contributed by atoms with E-state index in [4.69, 9.17) is 10.9 Å². The number of hydrazine groups is 1. The molecule has 0 aromatic carbocycles. The third-order valence-electron chi connectivity index (χ3n) is 2.25. The lowest BCUT2D eigenvalue weighted by Gasteiger charge is -2.08. The first kappa shape index (κ1) is 13.7. The molecule has 0 radical (unpaired) electrons. The molecular weight excluding hydrogens is 266 g/mol. The molecule has 19 heavy (non-hydrogen) atoms. The molecular formula is C10H15N7OS. The van der Waals surface area contributed by atoms with Crippen LogP contribution in [0.2, 0.25) is 0 Å².